The van der Waals surface area contributed by atoms with Gasteiger partial charge in [0, 0.05) is 12.1 Å². The van der Waals surface area contributed by atoms with Crippen molar-refractivity contribution >= 4 is 6.09 Å². The van der Waals surface area contributed by atoms with E-state index in [0.29, 0.717) is 43.7 Å². The lowest BCUT2D eigenvalue weighted by molar-refractivity contribution is 0.00334. The van der Waals surface area contributed by atoms with Crippen LogP contribution < -0.4 is 14.8 Å². The number of fused-ring (bicyclic) bond motifs is 2. The number of carbonyl (C=O) groups is 1. The number of ether oxygens (including phenoxy) is 5. The summed E-state index contributed by atoms with van der Waals surface area (Å²) in [5.74, 6) is 1.92. The molecule has 2 fully saturated rings. The standard InChI is InChI=1S/C19H21N5O6/c1-2-5-20-19(25)30-15-10-29-16-12(9-28-17(15)16)24-18(21-22-23-24)11-3-4-13-14(8-11)27-7-6-26-13/h2-4,8,12,15-17H,1,5-7,9-10H2,(H,20,25)/t12-,15-,16-,17+/m0/s1. The van der Waals surface area contributed by atoms with E-state index in [1.165, 1.54) is 0 Å². The van der Waals surface area contributed by atoms with Crippen LogP contribution in [0.5, 0.6) is 11.5 Å². The minimum atomic E-state index is -0.532. The van der Waals surface area contributed by atoms with Gasteiger partial charge in [-0.15, -0.1) is 11.7 Å². The molecule has 0 aliphatic carbocycles. The number of tetrazole rings is 1. The molecule has 11 nitrogen and oxygen atoms in total. The zero-order valence-corrected chi connectivity index (χ0v) is 16.1. The smallest absolute Gasteiger partial charge is 0.407 e. The van der Waals surface area contributed by atoms with Gasteiger partial charge in [-0.3, -0.25) is 0 Å². The number of nitrogens with one attached hydrogen (secondary N) is 1. The number of aromatic nitrogens is 4. The van der Waals surface area contributed by atoms with Crippen molar-refractivity contribution in [1.29, 1.82) is 0 Å². The van der Waals surface area contributed by atoms with Gasteiger partial charge in [-0.25, -0.2) is 9.48 Å². The van der Waals surface area contributed by atoms with Crippen molar-refractivity contribution in [3.8, 4) is 22.9 Å². The Morgan fingerprint density at radius 1 is 1.23 bits per heavy atom. The maximum absolute atomic E-state index is 11.9. The van der Waals surface area contributed by atoms with E-state index in [4.69, 9.17) is 23.7 Å². The Balaban J connectivity index is 1.33. The fraction of sp³-hybridized carbons (Fsp3) is 0.474. The molecule has 4 atom stereocenters. The summed E-state index contributed by atoms with van der Waals surface area (Å²) in [4.78, 5) is 11.9. The number of benzene rings is 1. The molecule has 1 aromatic carbocycles. The van der Waals surface area contributed by atoms with Crippen LogP contribution in [0.1, 0.15) is 6.04 Å². The molecular formula is C19H21N5O6. The summed E-state index contributed by atoms with van der Waals surface area (Å²) in [5, 5.41) is 14.8. The van der Waals surface area contributed by atoms with Crippen LogP contribution in [0.3, 0.4) is 0 Å². The van der Waals surface area contributed by atoms with Crippen LogP contribution in [0.25, 0.3) is 11.4 Å². The summed E-state index contributed by atoms with van der Waals surface area (Å²) >= 11 is 0. The summed E-state index contributed by atoms with van der Waals surface area (Å²) in [7, 11) is 0. The Labute approximate surface area is 171 Å². The molecule has 3 aliphatic heterocycles. The molecule has 1 aromatic heterocycles. The highest BCUT2D eigenvalue weighted by molar-refractivity contribution is 5.67. The topological polar surface area (TPSA) is 119 Å². The number of amides is 1. The lowest BCUT2D eigenvalue weighted by Gasteiger charge is -2.20. The lowest BCUT2D eigenvalue weighted by Crippen LogP contribution is -2.37. The highest BCUT2D eigenvalue weighted by Crippen LogP contribution is 2.38. The van der Waals surface area contributed by atoms with Crippen LogP contribution in [-0.4, -0.2) is 77.6 Å². The lowest BCUT2D eigenvalue weighted by atomic mass is 10.1. The molecule has 0 bridgehead atoms. The molecular weight excluding hydrogens is 394 g/mol. The Hall–Kier alpha value is -3.18. The molecule has 0 unspecified atom stereocenters. The van der Waals surface area contributed by atoms with Crippen LogP contribution in [0, 0.1) is 0 Å². The van der Waals surface area contributed by atoms with Gasteiger partial charge in [0.05, 0.1) is 13.2 Å². The van der Waals surface area contributed by atoms with Gasteiger partial charge in [0.1, 0.15) is 31.5 Å². The molecule has 30 heavy (non-hydrogen) atoms. The van der Waals surface area contributed by atoms with E-state index in [1.54, 1.807) is 10.8 Å². The average Bonchev–Trinajstić information content (AvgIpc) is 3.49. The van der Waals surface area contributed by atoms with Crippen LogP contribution in [0.15, 0.2) is 30.9 Å². The Morgan fingerprint density at radius 2 is 2.07 bits per heavy atom. The van der Waals surface area contributed by atoms with Crippen molar-refractivity contribution in [3.63, 3.8) is 0 Å². The number of hydrogen-bond acceptors (Lipinski definition) is 9. The predicted octanol–water partition coefficient (Wildman–Crippen LogP) is 0.731. The highest BCUT2D eigenvalue weighted by Gasteiger charge is 2.51. The first-order chi connectivity index (χ1) is 14.7. The fourth-order valence-electron chi connectivity index (χ4n) is 3.88. The van der Waals surface area contributed by atoms with Crippen LogP contribution in [0.2, 0.25) is 0 Å². The largest absolute Gasteiger partial charge is 0.486 e. The third-order valence-electron chi connectivity index (χ3n) is 5.24. The zero-order chi connectivity index (χ0) is 20.5. The molecule has 5 rings (SSSR count). The monoisotopic (exact) mass is 415 g/mol. The zero-order valence-electron chi connectivity index (χ0n) is 16.1. The molecule has 3 aliphatic rings. The van der Waals surface area contributed by atoms with E-state index in [-0.39, 0.29) is 24.9 Å². The van der Waals surface area contributed by atoms with Crippen molar-refractivity contribution in [2.24, 2.45) is 0 Å². The number of rotatable bonds is 5. The second kappa shape index (κ2) is 7.92. The van der Waals surface area contributed by atoms with Gasteiger partial charge in [-0.2, -0.15) is 0 Å². The maximum atomic E-state index is 11.9. The number of alkyl carbamates (subject to hydrolysis) is 1. The first-order valence-corrected chi connectivity index (χ1v) is 9.71. The summed E-state index contributed by atoms with van der Waals surface area (Å²) in [6.07, 6.45) is -0.174. The predicted molar refractivity (Wildman–Crippen MR) is 101 cm³/mol. The summed E-state index contributed by atoms with van der Waals surface area (Å²) in [6, 6.07) is 5.33. The van der Waals surface area contributed by atoms with Crippen molar-refractivity contribution in [2.75, 3.05) is 33.0 Å². The minimum absolute atomic E-state index is 0.245. The first-order valence-electron chi connectivity index (χ1n) is 9.71. The Kier molecular flexibility index (Phi) is 4.97. The highest BCUT2D eigenvalue weighted by atomic mass is 16.6. The van der Waals surface area contributed by atoms with E-state index in [2.05, 4.69) is 27.4 Å². The average molecular weight is 415 g/mol. The van der Waals surface area contributed by atoms with Gasteiger partial charge in [-0.05, 0) is 28.6 Å². The first kappa shape index (κ1) is 18.8. The molecule has 11 heteroatoms. The number of nitrogens with zero attached hydrogens (tertiary/aromatic N) is 4. The molecule has 0 radical (unpaired) electrons. The molecule has 2 aromatic rings. The van der Waals surface area contributed by atoms with Crippen LogP contribution >= 0.6 is 0 Å². The molecule has 1 amide bonds. The van der Waals surface area contributed by atoms with Gasteiger partial charge in [0.15, 0.2) is 23.4 Å². The summed E-state index contributed by atoms with van der Waals surface area (Å²) in [5.41, 5.74) is 0.794. The van der Waals surface area contributed by atoms with Gasteiger partial charge >= 0.3 is 6.09 Å². The summed E-state index contributed by atoms with van der Waals surface area (Å²) < 4.78 is 30.2. The third-order valence-corrected chi connectivity index (χ3v) is 5.24. The summed E-state index contributed by atoms with van der Waals surface area (Å²) in [6.45, 7) is 5.49. The Morgan fingerprint density at radius 3 is 2.93 bits per heavy atom. The van der Waals surface area contributed by atoms with E-state index >= 15 is 0 Å². The minimum Gasteiger partial charge on any atom is -0.486 e. The van der Waals surface area contributed by atoms with E-state index in [9.17, 15) is 4.79 Å². The van der Waals surface area contributed by atoms with Crippen molar-refractivity contribution in [2.45, 2.75) is 24.4 Å². The SMILES string of the molecule is C=CCNC(=O)O[C@H]1CO[C@@H]2[C@@H]1OC[C@@H]2n1nnnc1-c1ccc2c(c1)OCCO2. The molecule has 1 N–H and O–H groups in total. The normalized spacial score (nSPS) is 26.8. The molecule has 0 saturated carbocycles. The van der Waals surface area contributed by atoms with Crippen molar-refractivity contribution in [1.82, 2.24) is 25.5 Å². The van der Waals surface area contributed by atoms with Crippen molar-refractivity contribution in [3.05, 3.63) is 30.9 Å². The molecule has 158 valence electrons. The quantitative estimate of drug-likeness (QED) is 0.705. The molecule has 2 saturated heterocycles. The fourth-order valence-corrected chi connectivity index (χ4v) is 3.88. The van der Waals surface area contributed by atoms with Gasteiger partial charge < -0.3 is 29.0 Å². The van der Waals surface area contributed by atoms with Gasteiger partial charge in [0.25, 0.3) is 0 Å². The van der Waals surface area contributed by atoms with E-state index < -0.39 is 12.2 Å². The number of carbonyl (C=O) groups excluding carboxylic acids is 1. The van der Waals surface area contributed by atoms with Crippen molar-refractivity contribution < 1.29 is 28.5 Å². The second-order valence-electron chi connectivity index (χ2n) is 7.08. The van der Waals surface area contributed by atoms with Gasteiger partial charge in [-0.1, -0.05) is 6.08 Å². The maximum Gasteiger partial charge on any atom is 0.407 e. The van der Waals surface area contributed by atoms with Crippen LogP contribution in [0.4, 0.5) is 4.79 Å². The third kappa shape index (κ3) is 3.35. The number of hydrogen-bond donors (Lipinski definition) is 1. The molecule has 0 spiro atoms. The molecule has 4 heterocycles. The van der Waals surface area contributed by atoms with E-state index in [0.717, 1.165) is 5.56 Å². The van der Waals surface area contributed by atoms with Crippen LogP contribution in [-0.2, 0) is 14.2 Å². The van der Waals surface area contributed by atoms with E-state index in [1.807, 2.05) is 18.2 Å². The Bertz CT molecular complexity index is 949. The van der Waals surface area contributed by atoms with Gasteiger partial charge in [0.2, 0.25) is 0 Å². The second-order valence-corrected chi connectivity index (χ2v) is 7.08.